The van der Waals surface area contributed by atoms with E-state index in [0.29, 0.717) is 0 Å². The Balaban J connectivity index is 2.24. The number of rotatable bonds is 4. The number of thiophene rings is 4. The molecule has 5 rings (SSSR count). The van der Waals surface area contributed by atoms with Gasteiger partial charge in [0, 0.05) is 20.9 Å². The van der Waals surface area contributed by atoms with E-state index in [1.807, 2.05) is 0 Å². The van der Waals surface area contributed by atoms with Crippen LogP contribution < -0.4 is 18.0 Å². The minimum absolute atomic E-state index is 1.43. The van der Waals surface area contributed by atoms with Crippen LogP contribution in [-0.4, -0.2) is 32.3 Å². The summed E-state index contributed by atoms with van der Waals surface area (Å²) in [6.07, 6.45) is 0. The molecule has 0 N–H and O–H groups in total. The third kappa shape index (κ3) is 4.67. The van der Waals surface area contributed by atoms with Gasteiger partial charge in [-0.05, 0) is 42.3 Å². The second-order valence-electron chi connectivity index (χ2n) is 14.4. The first kappa shape index (κ1) is 27.2. The summed E-state index contributed by atoms with van der Waals surface area (Å²) >= 11 is 8.46. The van der Waals surface area contributed by atoms with Crippen LogP contribution in [0, 0.1) is 39.0 Å². The Morgan fingerprint density at radius 3 is 0.639 bits per heavy atom. The van der Waals surface area contributed by atoms with E-state index in [1.54, 1.807) is 36.1 Å². The molecule has 8 heteroatoms. The summed E-state index contributed by atoms with van der Waals surface area (Å²) < 4.78 is 12.7. The van der Waals surface area contributed by atoms with Crippen molar-refractivity contribution >= 4 is 95.6 Å². The summed E-state index contributed by atoms with van der Waals surface area (Å²) in [7, 11) is -5.72. The van der Waals surface area contributed by atoms with Gasteiger partial charge < -0.3 is 0 Å². The van der Waals surface area contributed by atoms with E-state index in [9.17, 15) is 0 Å². The van der Waals surface area contributed by atoms with Gasteiger partial charge >= 0.3 is 0 Å². The van der Waals surface area contributed by atoms with E-state index in [0.717, 1.165) is 0 Å². The molecule has 0 amide bonds. The molecule has 0 aromatic carbocycles. The molecule has 1 aliphatic carbocycles. The Kier molecular flexibility index (Phi) is 6.49. The third-order valence-electron chi connectivity index (χ3n) is 6.88. The zero-order chi connectivity index (χ0) is 26.6. The zero-order valence-electron chi connectivity index (χ0n) is 23.9. The lowest BCUT2D eigenvalue weighted by atomic mass is 10.2. The molecule has 0 atom stereocenters. The molecule has 0 radical (unpaired) electrons. The van der Waals surface area contributed by atoms with Crippen molar-refractivity contribution in [3.05, 3.63) is 63.3 Å². The fourth-order valence-electron chi connectivity index (χ4n) is 4.52. The van der Waals surface area contributed by atoms with E-state index in [-0.39, 0.29) is 0 Å². The van der Waals surface area contributed by atoms with Gasteiger partial charge in [0.25, 0.3) is 0 Å². The smallest absolute Gasteiger partial charge is 0.0904 e. The Morgan fingerprint density at radius 1 is 0.333 bits per heavy atom. The van der Waals surface area contributed by atoms with Crippen LogP contribution in [0.3, 0.4) is 0 Å². The minimum atomic E-state index is -1.43. The maximum Gasteiger partial charge on any atom is 0.0904 e. The van der Waals surface area contributed by atoms with Gasteiger partial charge in [0.2, 0.25) is 0 Å². The second-order valence-corrected chi connectivity index (χ2v) is 40.2. The van der Waals surface area contributed by atoms with Gasteiger partial charge in [-0.25, -0.2) is 0 Å². The normalized spacial score (nSPS) is 18.1. The second kappa shape index (κ2) is 8.58. The molecule has 0 bridgehead atoms. The van der Waals surface area contributed by atoms with Crippen molar-refractivity contribution in [2.45, 2.75) is 78.6 Å². The first-order valence-corrected chi connectivity index (χ1v) is 30.2. The molecule has 0 aliphatic heterocycles. The highest BCUT2D eigenvalue weighted by molar-refractivity contribution is 7.29. The molecule has 36 heavy (non-hydrogen) atoms. The lowest BCUT2D eigenvalue weighted by Gasteiger charge is -2.12. The summed E-state index contributed by atoms with van der Waals surface area (Å²) in [6, 6.07) is 10.5. The largest absolute Gasteiger partial charge is 0.143 e. The molecule has 0 saturated carbocycles. The maximum atomic E-state index is 2.61. The molecule has 4 heterocycles. The molecule has 192 valence electrons. The monoisotopic (exact) mass is 616 g/mol. The summed E-state index contributed by atoms with van der Waals surface area (Å²) in [5, 5.41) is 6.08. The average Bonchev–Trinajstić information content (AvgIpc) is 3.44. The van der Waals surface area contributed by atoms with Gasteiger partial charge in [-0.2, -0.15) is 0 Å². The molecule has 0 fully saturated rings. The molecule has 0 saturated heterocycles. The standard InChI is InChI=1S/C28H40S4Si4/c1-33(2,3)21-13-17-18-14-22(34(4,5)6)31-27(18)28-20(16-24(32-28)36(10,11)12)19-15-23(35(7,8)9)30-26(19)25(17)29-21/h13-16H,1-12H3/b18-17-,20-19-,26-25-,28-27-. The van der Waals surface area contributed by atoms with Crippen LogP contribution in [-0.2, 0) is 0 Å². The fraction of sp³-hybridized carbons (Fsp3) is 0.429. The van der Waals surface area contributed by atoms with Crippen LogP contribution in [0.5, 0.6) is 0 Å². The van der Waals surface area contributed by atoms with Crippen molar-refractivity contribution in [2.75, 3.05) is 0 Å². The summed E-state index contributed by atoms with van der Waals surface area (Å²) in [5.74, 6) is 0. The van der Waals surface area contributed by atoms with Crippen molar-refractivity contribution in [2.24, 2.45) is 0 Å². The predicted octanol–water partition coefficient (Wildman–Crippen LogP) is 7.57. The topological polar surface area (TPSA) is 0 Å². The van der Waals surface area contributed by atoms with Crippen molar-refractivity contribution in [1.29, 1.82) is 0 Å². The van der Waals surface area contributed by atoms with E-state index in [4.69, 9.17) is 0 Å². The molecular formula is C28H40S4Si4. The average molecular weight is 617 g/mol. The Labute approximate surface area is 235 Å². The van der Waals surface area contributed by atoms with E-state index < -0.39 is 32.3 Å². The number of fused-ring (bicyclic) bond motifs is 4. The van der Waals surface area contributed by atoms with Crippen LogP contribution in [0.15, 0.2) is 24.3 Å². The van der Waals surface area contributed by atoms with Crippen molar-refractivity contribution < 1.29 is 0 Å². The zero-order valence-corrected chi connectivity index (χ0v) is 31.2. The quantitative estimate of drug-likeness (QED) is 0.183. The first-order chi connectivity index (χ1) is 16.4. The third-order valence-corrected chi connectivity index (χ3v) is 26.1. The highest BCUT2D eigenvalue weighted by Gasteiger charge is 2.25. The van der Waals surface area contributed by atoms with E-state index in [1.165, 1.54) is 20.9 Å². The van der Waals surface area contributed by atoms with Gasteiger partial charge in [0.1, 0.15) is 0 Å². The van der Waals surface area contributed by atoms with E-state index in [2.05, 4.69) is 148 Å². The van der Waals surface area contributed by atoms with Crippen LogP contribution in [0.1, 0.15) is 0 Å². The number of hydrogen-bond acceptors (Lipinski definition) is 4. The summed E-state index contributed by atoms with van der Waals surface area (Å²) in [6.45, 7) is 30.1. The van der Waals surface area contributed by atoms with Gasteiger partial charge in [0.05, 0.1) is 50.4 Å². The SMILES string of the molecule is C[Si](C)(C)c1cc2/c(s1)=c1/sc([Si](C)(C)C)c/c1=c1\cc([Si](C)(C)C)s\c1=c1/sc([Si](C)(C)C)c/c1=2. The Bertz CT molecular complexity index is 1450. The molecule has 4 aromatic heterocycles. The van der Waals surface area contributed by atoms with Gasteiger partial charge in [-0.15, -0.1) is 45.3 Å². The molecule has 0 unspecified atom stereocenters. The maximum absolute atomic E-state index is 2.61. The molecule has 4 aromatic rings. The van der Waals surface area contributed by atoms with Gasteiger partial charge in [-0.3, -0.25) is 0 Å². The van der Waals surface area contributed by atoms with Crippen molar-refractivity contribution in [3.63, 3.8) is 0 Å². The van der Waals surface area contributed by atoms with Crippen molar-refractivity contribution in [1.82, 2.24) is 0 Å². The van der Waals surface area contributed by atoms with Gasteiger partial charge in [0.15, 0.2) is 0 Å². The fourth-order valence-corrected chi connectivity index (χ4v) is 17.0. The summed E-state index contributed by atoms with van der Waals surface area (Å²) in [4.78, 5) is 0. The Hall–Kier alpha value is -0.332. The van der Waals surface area contributed by atoms with Crippen molar-refractivity contribution in [3.8, 4) is 0 Å². The van der Waals surface area contributed by atoms with E-state index >= 15 is 0 Å². The van der Waals surface area contributed by atoms with Crippen LogP contribution in [0.25, 0.3) is 0 Å². The van der Waals surface area contributed by atoms with Crippen LogP contribution in [0.4, 0.5) is 0 Å². The lowest BCUT2D eigenvalue weighted by molar-refractivity contribution is 1.45. The first-order valence-electron chi connectivity index (χ1n) is 12.9. The van der Waals surface area contributed by atoms with Crippen LogP contribution in [0.2, 0.25) is 78.6 Å². The highest BCUT2D eigenvalue weighted by atomic mass is 32.1. The molecular weight excluding hydrogens is 577 g/mol. The molecule has 1 aliphatic rings. The molecule has 0 nitrogen and oxygen atoms in total. The minimum Gasteiger partial charge on any atom is -0.143 e. The Morgan fingerprint density at radius 2 is 0.500 bits per heavy atom. The number of hydrogen-bond donors (Lipinski definition) is 0. The lowest BCUT2D eigenvalue weighted by Crippen LogP contribution is -2.35. The highest BCUT2D eigenvalue weighted by Crippen LogP contribution is 2.25. The predicted molar refractivity (Wildman–Crippen MR) is 180 cm³/mol. The van der Waals surface area contributed by atoms with Crippen LogP contribution >= 0.6 is 45.3 Å². The van der Waals surface area contributed by atoms with Gasteiger partial charge in [-0.1, -0.05) is 78.6 Å². The molecule has 0 spiro atoms. The summed E-state index contributed by atoms with van der Waals surface area (Å²) in [5.41, 5.74) is 0.